The number of ether oxygens (including phenoxy) is 4. The third kappa shape index (κ3) is 5.77. The van der Waals surface area contributed by atoms with Gasteiger partial charge in [-0.1, -0.05) is 19.1 Å². The van der Waals surface area contributed by atoms with Gasteiger partial charge in [0, 0.05) is 22.6 Å². The van der Waals surface area contributed by atoms with Gasteiger partial charge in [0.2, 0.25) is 0 Å². The number of hydrogen-bond acceptors (Lipinski definition) is 7. The van der Waals surface area contributed by atoms with E-state index in [2.05, 4.69) is 13.8 Å². The van der Waals surface area contributed by atoms with Crippen molar-refractivity contribution in [2.45, 2.75) is 43.0 Å². The Bertz CT molecular complexity index is 1430. The van der Waals surface area contributed by atoms with Crippen LogP contribution in [0.4, 0.5) is 0 Å². The Balaban J connectivity index is 1.66. The number of benzene rings is 1. The highest BCUT2D eigenvalue weighted by molar-refractivity contribution is 7.08. The molecule has 2 aliphatic heterocycles. The van der Waals surface area contributed by atoms with Gasteiger partial charge < -0.3 is 23.8 Å². The van der Waals surface area contributed by atoms with E-state index in [-0.39, 0.29) is 32.1 Å². The molecule has 1 fully saturated rings. The van der Waals surface area contributed by atoms with E-state index >= 15 is 0 Å². The van der Waals surface area contributed by atoms with Crippen molar-refractivity contribution in [1.29, 1.82) is 0 Å². The summed E-state index contributed by atoms with van der Waals surface area (Å²) in [4.78, 5) is 15.5. The van der Waals surface area contributed by atoms with Gasteiger partial charge in [0.25, 0.3) is 5.91 Å². The smallest absolute Gasteiger partial charge is 0.273 e. The lowest BCUT2D eigenvalue weighted by molar-refractivity contribution is -0.159. The summed E-state index contributed by atoms with van der Waals surface area (Å²) in [6.07, 6.45) is 0.779. The molecule has 41 heavy (non-hydrogen) atoms. The Morgan fingerprint density at radius 1 is 1.22 bits per heavy atom. The minimum atomic E-state index is -2.13. The van der Waals surface area contributed by atoms with Crippen LogP contribution in [0.3, 0.4) is 0 Å². The van der Waals surface area contributed by atoms with Crippen LogP contribution in [0.15, 0.2) is 29.0 Å². The zero-order valence-electron chi connectivity index (χ0n) is 23.3. The number of hydrogen-bond donors (Lipinski definition) is 0. The summed E-state index contributed by atoms with van der Waals surface area (Å²) in [6.45, 7) is 4.10. The van der Waals surface area contributed by atoms with Crippen molar-refractivity contribution in [2.75, 3.05) is 26.9 Å². The van der Waals surface area contributed by atoms with Gasteiger partial charge in [-0.05, 0) is 40.7 Å². The predicted molar refractivity (Wildman–Crippen MR) is 162 cm³/mol. The van der Waals surface area contributed by atoms with Crippen LogP contribution >= 0.6 is 11.3 Å². The highest BCUT2D eigenvalue weighted by Crippen LogP contribution is 2.45. The number of thiophene rings is 1. The first-order valence-corrected chi connectivity index (χ1v) is 14.0. The first kappa shape index (κ1) is 30.0. The van der Waals surface area contributed by atoms with Crippen LogP contribution < -0.4 is 9.47 Å². The van der Waals surface area contributed by atoms with Gasteiger partial charge in [0.1, 0.15) is 23.6 Å². The minimum absolute atomic E-state index is 0.00723. The Labute approximate surface area is 252 Å². The standard InChI is InChI=1S/C26H25B6N3O5S/c1-14(2)6-15-7-17-20(8-19(15)37-3)39-9-18-21(33-34(22(17)18)16-4-5-41-10-16)23(36)35(25(27,28)29)24(11-38-12-24)13-40-26(30,31)32/h4-5,7-8,10,14H,6,9,11-13H2,1-3H3. The van der Waals surface area contributed by atoms with Crippen LogP contribution in [0.5, 0.6) is 11.5 Å². The van der Waals surface area contributed by atoms with Gasteiger partial charge in [-0.3, -0.25) is 4.79 Å². The summed E-state index contributed by atoms with van der Waals surface area (Å²) < 4.78 is 24.4. The SMILES string of the molecule is [B]C([B])([B])OCC1(N(C(=O)c2nn(-c3ccsc3)c3c2COc2cc(OC)c(CC(C)C)cc2-3)C([B])([B])[B])COC1. The van der Waals surface area contributed by atoms with E-state index in [1.165, 1.54) is 11.3 Å². The number of rotatable bonds is 10. The van der Waals surface area contributed by atoms with Crippen LogP contribution in [0, 0.1) is 5.92 Å². The number of nitrogens with zero attached hydrogens (tertiary/aromatic N) is 3. The lowest BCUT2D eigenvalue weighted by Crippen LogP contribution is -2.74. The highest BCUT2D eigenvalue weighted by atomic mass is 32.1. The second kappa shape index (κ2) is 11.0. The van der Waals surface area contributed by atoms with Crippen LogP contribution in [0.1, 0.15) is 35.5 Å². The van der Waals surface area contributed by atoms with Crippen molar-refractivity contribution in [3.05, 3.63) is 45.8 Å². The fourth-order valence-electron chi connectivity index (χ4n) is 5.23. The summed E-state index contributed by atoms with van der Waals surface area (Å²) in [5.74, 6) is 1.08. The summed E-state index contributed by atoms with van der Waals surface area (Å²) in [7, 11) is 37.1. The van der Waals surface area contributed by atoms with Gasteiger partial charge >= 0.3 is 0 Å². The molecule has 2 aromatic heterocycles. The summed E-state index contributed by atoms with van der Waals surface area (Å²) >= 11 is 1.50. The van der Waals surface area contributed by atoms with E-state index in [1.54, 1.807) is 11.8 Å². The molecule has 4 heterocycles. The van der Waals surface area contributed by atoms with E-state index in [1.807, 2.05) is 29.0 Å². The molecule has 1 aromatic carbocycles. The van der Waals surface area contributed by atoms with Crippen molar-refractivity contribution >= 4 is 64.3 Å². The molecule has 198 valence electrons. The molecule has 0 unspecified atom stereocenters. The quantitative estimate of drug-likeness (QED) is 0.349. The topological polar surface area (TPSA) is 75.1 Å². The van der Waals surface area contributed by atoms with Crippen molar-refractivity contribution in [3.63, 3.8) is 0 Å². The van der Waals surface area contributed by atoms with Gasteiger partial charge in [0.05, 0.1) is 85.4 Å². The maximum Gasteiger partial charge on any atom is 0.273 e. The second-order valence-corrected chi connectivity index (χ2v) is 11.8. The van der Waals surface area contributed by atoms with Crippen molar-refractivity contribution < 1.29 is 23.7 Å². The molecule has 0 bridgehead atoms. The van der Waals surface area contributed by atoms with Crippen molar-refractivity contribution in [3.8, 4) is 28.4 Å². The maximum atomic E-state index is 14.4. The van der Waals surface area contributed by atoms with Crippen LogP contribution in [0.2, 0.25) is 0 Å². The maximum absolute atomic E-state index is 14.4. The van der Waals surface area contributed by atoms with Crippen LogP contribution in [-0.4, -0.2) is 111 Å². The van der Waals surface area contributed by atoms with Crippen molar-refractivity contribution in [2.24, 2.45) is 5.92 Å². The molecule has 8 nitrogen and oxygen atoms in total. The number of methoxy groups -OCH3 is 1. The van der Waals surface area contributed by atoms with Crippen molar-refractivity contribution in [1.82, 2.24) is 14.7 Å². The Kier molecular flexibility index (Phi) is 8.02. The highest BCUT2D eigenvalue weighted by Gasteiger charge is 2.52. The number of carbonyl (C=O) groups is 1. The Morgan fingerprint density at radius 2 is 1.95 bits per heavy atom. The zero-order valence-corrected chi connectivity index (χ0v) is 24.1. The number of fused-ring (bicyclic) bond motifs is 3. The first-order valence-electron chi connectivity index (χ1n) is 13.0. The molecule has 12 radical (unpaired) electrons. The molecular weight excluding hydrogens is 531 g/mol. The van der Waals surface area contributed by atoms with Gasteiger partial charge in [-0.15, -0.1) is 0 Å². The summed E-state index contributed by atoms with van der Waals surface area (Å²) in [5, 5.41) is 4.54. The lowest BCUT2D eigenvalue weighted by Gasteiger charge is -2.56. The molecule has 5 rings (SSSR count). The van der Waals surface area contributed by atoms with Crippen LogP contribution in [-0.2, 0) is 22.5 Å². The second-order valence-electron chi connectivity index (χ2n) is 11.0. The third-order valence-electron chi connectivity index (χ3n) is 6.97. The number of carbonyl (C=O) groups excluding carboxylic acids is 1. The van der Waals surface area contributed by atoms with Crippen LogP contribution in [0.25, 0.3) is 16.9 Å². The normalized spacial score (nSPS) is 15.9. The Morgan fingerprint density at radius 3 is 2.49 bits per heavy atom. The Hall–Kier alpha value is -2.49. The fraction of sp³-hybridized carbons (Fsp3) is 0.462. The molecule has 0 atom stereocenters. The molecule has 0 saturated carbocycles. The zero-order chi connectivity index (χ0) is 29.7. The van der Waals surface area contributed by atoms with E-state index in [4.69, 9.17) is 71.1 Å². The molecule has 0 aliphatic carbocycles. The minimum Gasteiger partial charge on any atom is -0.496 e. The van der Waals surface area contributed by atoms with Gasteiger partial charge in [-0.2, -0.15) is 16.4 Å². The average molecular weight is 556 g/mol. The third-order valence-corrected chi connectivity index (χ3v) is 7.64. The van der Waals surface area contributed by atoms with E-state index in [0.29, 0.717) is 22.9 Å². The van der Waals surface area contributed by atoms with E-state index in [9.17, 15) is 4.79 Å². The molecule has 1 saturated heterocycles. The van der Waals surface area contributed by atoms with E-state index < -0.39 is 22.0 Å². The predicted octanol–water partition coefficient (Wildman–Crippen LogP) is 1.16. The molecular formula is C26H25B6N3O5S. The lowest BCUT2D eigenvalue weighted by atomic mass is 9.47. The molecule has 1 amide bonds. The number of amides is 1. The molecule has 15 heteroatoms. The van der Waals surface area contributed by atoms with Gasteiger partial charge in [-0.25, -0.2) is 4.68 Å². The van der Waals surface area contributed by atoms with Gasteiger partial charge in [0.15, 0.2) is 5.69 Å². The molecule has 2 aliphatic rings. The first-order chi connectivity index (χ1) is 19.2. The molecule has 0 N–H and O–H groups in total. The van der Waals surface area contributed by atoms with E-state index in [0.717, 1.165) is 33.9 Å². The summed E-state index contributed by atoms with van der Waals surface area (Å²) in [6, 6.07) is 5.81. The monoisotopic (exact) mass is 557 g/mol. The number of aromatic nitrogens is 2. The summed E-state index contributed by atoms with van der Waals surface area (Å²) in [5.41, 5.74) is 2.66. The molecule has 3 aromatic rings. The largest absolute Gasteiger partial charge is 0.496 e. The fourth-order valence-corrected chi connectivity index (χ4v) is 5.85. The molecule has 0 spiro atoms. The average Bonchev–Trinajstić information content (AvgIpc) is 3.51.